The number of nitrogens with one attached hydrogen (secondary N) is 1. The van der Waals surface area contributed by atoms with Crippen LogP contribution in [0.25, 0.3) is 10.2 Å². The van der Waals surface area contributed by atoms with Gasteiger partial charge in [-0.05, 0) is 30.2 Å². The van der Waals surface area contributed by atoms with Gasteiger partial charge in [0.05, 0.1) is 27.7 Å². The highest BCUT2D eigenvalue weighted by atomic mass is 32.2. The summed E-state index contributed by atoms with van der Waals surface area (Å²) in [5, 5.41) is 3.01. The molecule has 120 valence electrons. The maximum atomic E-state index is 12.0. The fraction of sp³-hybridized carbons (Fsp3) is 0.500. The average molecular weight is 340 g/mol. The third-order valence-corrected chi connectivity index (χ3v) is 5.85. The second-order valence-corrected chi connectivity index (χ2v) is 8.56. The van der Waals surface area contributed by atoms with Crippen LogP contribution in [0.5, 0.6) is 0 Å². The van der Waals surface area contributed by atoms with Crippen molar-refractivity contribution in [1.29, 1.82) is 0 Å². The predicted octanol–water partition coefficient (Wildman–Crippen LogP) is 2.87. The van der Waals surface area contributed by atoms with Crippen LogP contribution in [0.3, 0.4) is 0 Å². The summed E-state index contributed by atoms with van der Waals surface area (Å²) in [5.74, 6) is 0.0961. The normalized spacial score (nSPS) is 11.9. The van der Waals surface area contributed by atoms with Gasteiger partial charge in [-0.3, -0.25) is 4.79 Å². The summed E-state index contributed by atoms with van der Waals surface area (Å²) < 4.78 is 5.55. The molecule has 0 saturated carbocycles. The summed E-state index contributed by atoms with van der Waals surface area (Å²) >= 11 is 3.51. The Labute approximate surface area is 140 Å². The number of benzene rings is 1. The first kappa shape index (κ1) is 17.2. The fourth-order valence-corrected chi connectivity index (χ4v) is 4.22. The molecule has 4 nitrogen and oxygen atoms in total. The lowest BCUT2D eigenvalue weighted by atomic mass is 10.2. The van der Waals surface area contributed by atoms with E-state index in [1.54, 1.807) is 23.1 Å². The molecule has 0 unspecified atom stereocenters. The Morgan fingerprint density at radius 1 is 1.36 bits per heavy atom. The Balaban J connectivity index is 2.01. The average Bonchev–Trinajstić information content (AvgIpc) is 2.73. The van der Waals surface area contributed by atoms with Crippen molar-refractivity contribution in [2.75, 3.05) is 39.3 Å². The second-order valence-electron chi connectivity index (χ2n) is 6.48. The summed E-state index contributed by atoms with van der Waals surface area (Å²) in [5.41, 5.74) is 2.09. The fourth-order valence-electron chi connectivity index (χ4n) is 2.33. The summed E-state index contributed by atoms with van der Waals surface area (Å²) in [4.78, 5) is 12.0. The summed E-state index contributed by atoms with van der Waals surface area (Å²) in [7, 11) is 8.51. The molecule has 0 bridgehead atoms. The number of anilines is 1. The molecule has 6 heteroatoms. The standard InChI is InChI=1S/C16H24N3OS2/c1-18-13-9-8-12(11-14(13)22-16(18)21-5)17-15(20)7-6-10-19(2,3)4/h8-9,11H,6-7,10H2,1-5H3/q+1/p+1. The molecule has 0 aliphatic heterocycles. The molecule has 0 spiro atoms. The van der Waals surface area contributed by atoms with Crippen LogP contribution in [0.2, 0.25) is 0 Å². The van der Waals surface area contributed by atoms with E-state index in [0.717, 1.165) is 23.1 Å². The van der Waals surface area contributed by atoms with Gasteiger partial charge in [-0.1, -0.05) is 11.3 Å². The zero-order chi connectivity index (χ0) is 16.3. The van der Waals surface area contributed by atoms with Crippen LogP contribution in [0.1, 0.15) is 12.8 Å². The van der Waals surface area contributed by atoms with Gasteiger partial charge in [-0.15, -0.1) is 0 Å². The maximum absolute atomic E-state index is 12.0. The van der Waals surface area contributed by atoms with E-state index >= 15 is 0 Å². The Hall–Kier alpha value is -1.11. The first-order valence-electron chi connectivity index (χ1n) is 7.37. The topological polar surface area (TPSA) is 33.0 Å². The Morgan fingerprint density at radius 3 is 2.73 bits per heavy atom. The third-order valence-electron chi connectivity index (χ3n) is 3.48. The number of thioether (sulfide) groups is 1. The number of thiazole rings is 1. The molecule has 1 aromatic heterocycles. The summed E-state index contributed by atoms with van der Waals surface area (Å²) in [6, 6.07) is 6.13. The number of nitrogens with zero attached hydrogens (tertiary/aromatic N) is 2. The number of rotatable bonds is 6. The minimum absolute atomic E-state index is 0.0961. The molecule has 22 heavy (non-hydrogen) atoms. The number of aromatic nitrogens is 1. The lowest BCUT2D eigenvalue weighted by molar-refractivity contribution is -0.870. The number of amides is 1. The largest absolute Gasteiger partial charge is 0.331 e. The maximum Gasteiger partial charge on any atom is 0.297 e. The first-order chi connectivity index (χ1) is 10.3. The molecule has 2 rings (SSSR count). The van der Waals surface area contributed by atoms with E-state index in [-0.39, 0.29) is 5.91 Å². The summed E-state index contributed by atoms with van der Waals surface area (Å²) in [6.07, 6.45) is 3.56. The number of aryl methyl sites for hydroxylation is 1. The van der Waals surface area contributed by atoms with Gasteiger partial charge < -0.3 is 9.80 Å². The van der Waals surface area contributed by atoms with Crippen LogP contribution >= 0.6 is 23.1 Å². The van der Waals surface area contributed by atoms with E-state index < -0.39 is 0 Å². The molecular weight excluding hydrogens is 314 g/mol. The molecule has 1 aromatic carbocycles. The highest BCUT2D eigenvalue weighted by molar-refractivity contribution is 8.00. The van der Waals surface area contributed by atoms with Crippen molar-refractivity contribution in [2.45, 2.75) is 17.2 Å². The zero-order valence-corrected chi connectivity index (χ0v) is 15.6. The van der Waals surface area contributed by atoms with Crippen molar-refractivity contribution in [3.8, 4) is 0 Å². The van der Waals surface area contributed by atoms with Crippen molar-refractivity contribution in [3.63, 3.8) is 0 Å². The van der Waals surface area contributed by atoms with E-state index in [0.29, 0.717) is 6.42 Å². The van der Waals surface area contributed by atoms with Crippen molar-refractivity contribution in [2.24, 2.45) is 7.05 Å². The lowest BCUT2D eigenvalue weighted by Crippen LogP contribution is -2.35. The number of hydrogen-bond acceptors (Lipinski definition) is 3. The van der Waals surface area contributed by atoms with E-state index in [9.17, 15) is 4.79 Å². The van der Waals surface area contributed by atoms with Crippen LogP contribution < -0.4 is 9.88 Å². The van der Waals surface area contributed by atoms with Gasteiger partial charge >= 0.3 is 0 Å². The molecule has 0 aliphatic rings. The van der Waals surface area contributed by atoms with E-state index in [2.05, 4.69) is 56.5 Å². The van der Waals surface area contributed by atoms with E-state index in [4.69, 9.17) is 0 Å². The minimum atomic E-state index is 0.0961. The lowest BCUT2D eigenvalue weighted by Gasteiger charge is -2.23. The number of carbonyl (C=O) groups is 1. The highest BCUT2D eigenvalue weighted by Crippen LogP contribution is 2.28. The predicted molar refractivity (Wildman–Crippen MR) is 95.5 cm³/mol. The van der Waals surface area contributed by atoms with Crippen LogP contribution in [0, 0.1) is 0 Å². The SMILES string of the molecule is CSc1sc2cc(NC(=O)CCC[N+](C)(C)C)ccc2[n+]1C. The van der Waals surface area contributed by atoms with Crippen molar-refractivity contribution in [1.82, 2.24) is 0 Å². The van der Waals surface area contributed by atoms with Crippen LogP contribution in [0.15, 0.2) is 22.5 Å². The van der Waals surface area contributed by atoms with Crippen LogP contribution in [-0.2, 0) is 11.8 Å². The first-order valence-corrected chi connectivity index (χ1v) is 9.41. The van der Waals surface area contributed by atoms with Crippen molar-refractivity contribution < 1.29 is 13.8 Å². The number of quaternary nitrogens is 1. The molecule has 0 fully saturated rings. The van der Waals surface area contributed by atoms with Gasteiger partial charge in [0.2, 0.25) is 11.4 Å². The van der Waals surface area contributed by atoms with Crippen LogP contribution in [-0.4, -0.2) is 44.3 Å². The smallest absolute Gasteiger partial charge is 0.297 e. The third kappa shape index (κ3) is 4.44. The zero-order valence-electron chi connectivity index (χ0n) is 14.0. The molecule has 0 atom stereocenters. The van der Waals surface area contributed by atoms with Gasteiger partial charge in [0, 0.05) is 24.6 Å². The Kier molecular flexibility index (Phi) is 5.47. The Bertz CT molecular complexity index is 674. The summed E-state index contributed by atoms with van der Waals surface area (Å²) in [6.45, 7) is 1.00. The molecule has 2 aromatic rings. The molecule has 0 aliphatic carbocycles. The minimum Gasteiger partial charge on any atom is -0.331 e. The van der Waals surface area contributed by atoms with Gasteiger partial charge in [0.25, 0.3) is 4.34 Å². The van der Waals surface area contributed by atoms with E-state index in [1.807, 2.05) is 6.07 Å². The van der Waals surface area contributed by atoms with Gasteiger partial charge in [-0.2, -0.15) is 4.57 Å². The second kappa shape index (κ2) is 6.98. The van der Waals surface area contributed by atoms with E-state index in [1.165, 1.54) is 14.6 Å². The number of carbonyl (C=O) groups excluding carboxylic acids is 1. The molecule has 0 radical (unpaired) electrons. The monoisotopic (exact) mass is 339 g/mol. The van der Waals surface area contributed by atoms with Crippen molar-refractivity contribution >= 4 is 44.9 Å². The quantitative estimate of drug-likeness (QED) is 0.499. The molecule has 1 N–H and O–H groups in total. The number of fused-ring (bicyclic) bond motifs is 1. The number of hydrogen-bond donors (Lipinski definition) is 1. The highest BCUT2D eigenvalue weighted by Gasteiger charge is 2.16. The molecule has 1 amide bonds. The van der Waals surface area contributed by atoms with Crippen LogP contribution in [0.4, 0.5) is 5.69 Å². The Morgan fingerprint density at radius 2 is 2.09 bits per heavy atom. The van der Waals surface area contributed by atoms with Gasteiger partial charge in [0.15, 0.2) is 0 Å². The molecule has 1 heterocycles. The molecule has 0 saturated heterocycles. The van der Waals surface area contributed by atoms with Crippen molar-refractivity contribution in [3.05, 3.63) is 18.2 Å². The molecular formula is C16H25N3OS2+2. The van der Waals surface area contributed by atoms with Gasteiger partial charge in [0.1, 0.15) is 11.7 Å². The van der Waals surface area contributed by atoms with Gasteiger partial charge in [-0.25, -0.2) is 0 Å².